The van der Waals surface area contributed by atoms with Crippen molar-refractivity contribution in [2.24, 2.45) is 0 Å². The zero-order chi connectivity index (χ0) is 23.9. The first-order valence-electron chi connectivity index (χ1n) is 10.7. The van der Waals surface area contributed by atoms with E-state index in [0.29, 0.717) is 22.6 Å². The lowest BCUT2D eigenvalue weighted by molar-refractivity contribution is -0.123. The fourth-order valence-electron chi connectivity index (χ4n) is 3.43. The molecule has 170 valence electrons. The number of hydrazine groups is 1. The van der Waals surface area contributed by atoms with Gasteiger partial charge >= 0.3 is 0 Å². The van der Waals surface area contributed by atoms with E-state index in [2.05, 4.69) is 16.2 Å². The lowest BCUT2D eigenvalue weighted by Gasteiger charge is -2.11. The highest BCUT2D eigenvalue weighted by atomic mass is 16.5. The van der Waals surface area contributed by atoms with Crippen molar-refractivity contribution in [1.82, 2.24) is 10.9 Å². The lowest BCUT2D eigenvalue weighted by atomic mass is 10.1. The van der Waals surface area contributed by atoms with Crippen molar-refractivity contribution >= 4 is 34.2 Å². The molecule has 4 rings (SSSR count). The van der Waals surface area contributed by atoms with E-state index in [1.165, 1.54) is 0 Å². The Morgan fingerprint density at radius 3 is 2.24 bits per heavy atom. The second-order valence-corrected chi connectivity index (χ2v) is 7.61. The molecule has 0 saturated heterocycles. The number of nitrogens with one attached hydrogen (secondary N) is 3. The maximum atomic E-state index is 12.4. The van der Waals surface area contributed by atoms with Crippen molar-refractivity contribution in [1.29, 1.82) is 0 Å². The van der Waals surface area contributed by atoms with Crippen molar-refractivity contribution in [2.75, 3.05) is 11.9 Å². The number of rotatable bonds is 6. The van der Waals surface area contributed by atoms with E-state index in [4.69, 9.17) is 4.74 Å². The Balaban J connectivity index is 1.27. The first-order valence-corrected chi connectivity index (χ1v) is 10.7. The molecule has 0 spiro atoms. The van der Waals surface area contributed by atoms with Crippen LogP contribution in [0.25, 0.3) is 10.8 Å². The molecular formula is C27H23N3O4. The number of carbonyl (C=O) groups is 3. The van der Waals surface area contributed by atoms with Gasteiger partial charge in [0.15, 0.2) is 6.61 Å². The minimum absolute atomic E-state index is 0.228. The van der Waals surface area contributed by atoms with Crippen LogP contribution in [-0.4, -0.2) is 24.3 Å². The summed E-state index contributed by atoms with van der Waals surface area (Å²) >= 11 is 0. The van der Waals surface area contributed by atoms with Crippen molar-refractivity contribution in [2.45, 2.75) is 6.92 Å². The molecule has 7 nitrogen and oxygen atoms in total. The molecule has 0 atom stereocenters. The van der Waals surface area contributed by atoms with E-state index in [0.717, 1.165) is 16.3 Å². The highest BCUT2D eigenvalue weighted by Gasteiger charge is 2.11. The minimum Gasteiger partial charge on any atom is -0.483 e. The molecule has 0 aliphatic carbocycles. The average Bonchev–Trinajstić information content (AvgIpc) is 2.86. The SMILES string of the molecule is Cc1ccccc1C(=O)Nc1ccc(C(=O)NNC(=O)COc2cccc3ccccc23)cc1. The third-order valence-corrected chi connectivity index (χ3v) is 5.22. The Bertz CT molecular complexity index is 1340. The maximum absolute atomic E-state index is 12.4. The zero-order valence-corrected chi connectivity index (χ0v) is 18.5. The number of carbonyl (C=O) groups excluding carboxylic acids is 3. The van der Waals surface area contributed by atoms with E-state index < -0.39 is 11.8 Å². The standard InChI is InChI=1S/C27H23N3O4/c1-18-7-2-4-10-22(18)27(33)28-21-15-13-20(14-16-21)26(32)30-29-25(31)17-34-24-12-6-9-19-8-3-5-11-23(19)24/h2-16H,17H2,1H3,(H,28,33)(H,29,31)(H,30,32). The molecule has 0 unspecified atom stereocenters. The van der Waals surface area contributed by atoms with Gasteiger partial charge in [-0.05, 0) is 54.3 Å². The molecule has 0 heterocycles. The van der Waals surface area contributed by atoms with Gasteiger partial charge in [0.1, 0.15) is 5.75 Å². The summed E-state index contributed by atoms with van der Waals surface area (Å²) < 4.78 is 5.61. The lowest BCUT2D eigenvalue weighted by Crippen LogP contribution is -2.43. The van der Waals surface area contributed by atoms with Crippen molar-refractivity contribution in [3.8, 4) is 5.75 Å². The summed E-state index contributed by atoms with van der Waals surface area (Å²) in [7, 11) is 0. The molecular weight excluding hydrogens is 430 g/mol. The number of fused-ring (bicyclic) bond motifs is 1. The number of amides is 3. The Labute approximate surface area is 196 Å². The van der Waals surface area contributed by atoms with E-state index in [1.54, 1.807) is 42.5 Å². The summed E-state index contributed by atoms with van der Waals surface area (Å²) in [5, 5.41) is 4.71. The molecule has 7 heteroatoms. The van der Waals surface area contributed by atoms with Crippen LogP contribution in [0, 0.1) is 6.92 Å². The molecule has 0 saturated carbocycles. The summed E-state index contributed by atoms with van der Waals surface area (Å²) in [6.07, 6.45) is 0. The van der Waals surface area contributed by atoms with Gasteiger partial charge in [0, 0.05) is 22.2 Å². The Morgan fingerprint density at radius 2 is 1.44 bits per heavy atom. The fraction of sp³-hybridized carbons (Fsp3) is 0.0741. The third-order valence-electron chi connectivity index (χ3n) is 5.22. The normalized spacial score (nSPS) is 10.4. The number of hydrogen-bond acceptors (Lipinski definition) is 4. The van der Waals surface area contributed by atoms with Crippen LogP contribution in [0.4, 0.5) is 5.69 Å². The monoisotopic (exact) mass is 453 g/mol. The number of benzene rings is 4. The predicted octanol–water partition coefficient (Wildman–Crippen LogP) is 4.24. The van der Waals surface area contributed by atoms with Crippen molar-refractivity contribution in [3.05, 3.63) is 108 Å². The van der Waals surface area contributed by atoms with Gasteiger partial charge < -0.3 is 10.1 Å². The largest absolute Gasteiger partial charge is 0.483 e. The van der Waals surface area contributed by atoms with E-state index in [9.17, 15) is 14.4 Å². The number of hydrogen-bond donors (Lipinski definition) is 3. The molecule has 0 radical (unpaired) electrons. The Kier molecular flexibility index (Phi) is 6.84. The summed E-state index contributed by atoms with van der Waals surface area (Å²) in [5.41, 5.74) is 7.03. The number of anilines is 1. The second kappa shape index (κ2) is 10.3. The van der Waals surface area contributed by atoms with Gasteiger partial charge in [0.25, 0.3) is 17.7 Å². The minimum atomic E-state index is -0.497. The molecule has 34 heavy (non-hydrogen) atoms. The van der Waals surface area contributed by atoms with Crippen LogP contribution in [0.2, 0.25) is 0 Å². The second-order valence-electron chi connectivity index (χ2n) is 7.61. The van der Waals surface area contributed by atoms with Crippen LogP contribution in [0.3, 0.4) is 0 Å². The fourth-order valence-corrected chi connectivity index (χ4v) is 3.43. The van der Waals surface area contributed by atoms with Gasteiger partial charge in [0.05, 0.1) is 0 Å². The van der Waals surface area contributed by atoms with E-state index in [-0.39, 0.29) is 12.5 Å². The van der Waals surface area contributed by atoms with Crippen LogP contribution >= 0.6 is 0 Å². The molecule has 3 amide bonds. The number of ether oxygens (including phenoxy) is 1. The Hall–Kier alpha value is -4.65. The predicted molar refractivity (Wildman–Crippen MR) is 131 cm³/mol. The van der Waals surface area contributed by atoms with Crippen LogP contribution < -0.4 is 20.9 Å². The highest BCUT2D eigenvalue weighted by molar-refractivity contribution is 6.05. The first kappa shape index (κ1) is 22.5. The van der Waals surface area contributed by atoms with Crippen LogP contribution in [-0.2, 0) is 4.79 Å². The maximum Gasteiger partial charge on any atom is 0.276 e. The highest BCUT2D eigenvalue weighted by Crippen LogP contribution is 2.24. The molecule has 0 bridgehead atoms. The third kappa shape index (κ3) is 5.39. The molecule has 0 aliphatic rings. The van der Waals surface area contributed by atoms with Gasteiger partial charge in [-0.1, -0.05) is 54.6 Å². The summed E-state index contributed by atoms with van der Waals surface area (Å²) in [6.45, 7) is 1.61. The number of aryl methyl sites for hydroxylation is 1. The van der Waals surface area contributed by atoms with Crippen molar-refractivity contribution < 1.29 is 19.1 Å². The molecule has 0 aromatic heterocycles. The quantitative estimate of drug-likeness (QED) is 0.381. The van der Waals surface area contributed by atoms with E-state index >= 15 is 0 Å². The van der Waals surface area contributed by atoms with E-state index in [1.807, 2.05) is 55.5 Å². The molecule has 0 aliphatic heterocycles. The van der Waals surface area contributed by atoms with Crippen LogP contribution in [0.15, 0.2) is 91.0 Å². The first-order chi connectivity index (χ1) is 16.5. The van der Waals surface area contributed by atoms with Gasteiger partial charge in [-0.25, -0.2) is 0 Å². The molecule has 4 aromatic carbocycles. The van der Waals surface area contributed by atoms with Crippen molar-refractivity contribution in [3.63, 3.8) is 0 Å². The van der Waals surface area contributed by atoms with Gasteiger partial charge in [-0.15, -0.1) is 0 Å². The topological polar surface area (TPSA) is 96.5 Å². The molecule has 4 aromatic rings. The van der Waals surface area contributed by atoms with Crippen LogP contribution in [0.1, 0.15) is 26.3 Å². The Morgan fingerprint density at radius 1 is 0.735 bits per heavy atom. The smallest absolute Gasteiger partial charge is 0.276 e. The summed E-state index contributed by atoms with van der Waals surface area (Å²) in [4.78, 5) is 36.9. The van der Waals surface area contributed by atoms with Gasteiger partial charge in [0.2, 0.25) is 0 Å². The average molecular weight is 453 g/mol. The summed E-state index contributed by atoms with van der Waals surface area (Å²) in [6, 6.07) is 26.9. The molecule has 0 fully saturated rings. The van der Waals surface area contributed by atoms with Gasteiger partial charge in [-0.3, -0.25) is 25.2 Å². The summed E-state index contributed by atoms with van der Waals surface area (Å²) in [5.74, 6) is -0.629. The van der Waals surface area contributed by atoms with Gasteiger partial charge in [-0.2, -0.15) is 0 Å². The molecule has 3 N–H and O–H groups in total. The van der Waals surface area contributed by atoms with Crippen LogP contribution in [0.5, 0.6) is 5.75 Å². The zero-order valence-electron chi connectivity index (χ0n) is 18.5.